The normalized spacial score (nSPS) is 21.9. The lowest BCUT2D eigenvalue weighted by Gasteiger charge is -2.36. The van der Waals surface area contributed by atoms with Crippen LogP contribution in [0.4, 0.5) is 4.39 Å². The van der Waals surface area contributed by atoms with Crippen LogP contribution in [0.5, 0.6) is 0 Å². The lowest BCUT2D eigenvalue weighted by Crippen LogP contribution is -2.56. The first-order valence-electron chi connectivity index (χ1n) is 11.8. The van der Waals surface area contributed by atoms with Crippen LogP contribution in [0.1, 0.15) is 62.9 Å². The second-order valence-corrected chi connectivity index (χ2v) is 10.7. The number of hydrogen-bond donors (Lipinski definition) is 4. The van der Waals surface area contributed by atoms with Gasteiger partial charge in [0.15, 0.2) is 0 Å². The third-order valence-electron chi connectivity index (χ3n) is 6.71. The third-order valence-corrected chi connectivity index (χ3v) is 7.03. The van der Waals surface area contributed by atoms with Gasteiger partial charge in [-0.2, -0.15) is 5.26 Å². The standard InChI is InChI=1S/C25H29ClFN5O3/c1-24(2)9-8-16(21(33)31-24)12-25(27,13-28)32-23(35)18(10-14-6-7-14)30-22(34)19-11-15-4-3-5-17(26)20(15)29-19/h3-5,11,14,16,18,29H,6-10,12H2,1-2H3,(H,30,34)(H,31,33)(H,32,35)/t16-,18-,25?/m0/s1. The number of rotatable bonds is 8. The number of halogens is 2. The molecule has 8 nitrogen and oxygen atoms in total. The highest BCUT2D eigenvalue weighted by Gasteiger charge is 2.43. The topological polar surface area (TPSA) is 127 Å². The van der Waals surface area contributed by atoms with Crippen LogP contribution >= 0.6 is 11.6 Å². The van der Waals surface area contributed by atoms with E-state index in [-0.39, 0.29) is 17.5 Å². The maximum atomic E-state index is 15.5. The Labute approximate surface area is 208 Å². The Balaban J connectivity index is 1.45. The van der Waals surface area contributed by atoms with Crippen molar-refractivity contribution >= 4 is 40.2 Å². The minimum absolute atomic E-state index is 0.218. The van der Waals surface area contributed by atoms with Gasteiger partial charge in [-0.25, -0.2) is 4.39 Å². The summed E-state index contributed by atoms with van der Waals surface area (Å²) in [7, 11) is 0. The van der Waals surface area contributed by atoms with Crippen LogP contribution in [0.15, 0.2) is 24.3 Å². The van der Waals surface area contributed by atoms with Gasteiger partial charge in [-0.1, -0.05) is 36.6 Å². The minimum atomic E-state index is -2.73. The number of hydrogen-bond acceptors (Lipinski definition) is 4. The van der Waals surface area contributed by atoms with E-state index >= 15 is 4.39 Å². The van der Waals surface area contributed by atoms with Gasteiger partial charge in [-0.15, -0.1) is 0 Å². The first kappa shape index (κ1) is 25.0. The van der Waals surface area contributed by atoms with Gasteiger partial charge < -0.3 is 20.9 Å². The summed E-state index contributed by atoms with van der Waals surface area (Å²) in [5.41, 5.74) is 0.424. The molecule has 3 atom stereocenters. The first-order chi connectivity index (χ1) is 16.5. The van der Waals surface area contributed by atoms with Gasteiger partial charge in [0.2, 0.25) is 11.8 Å². The molecule has 1 unspecified atom stereocenters. The van der Waals surface area contributed by atoms with Gasteiger partial charge in [-0.3, -0.25) is 14.4 Å². The Morgan fingerprint density at radius 2 is 2.09 bits per heavy atom. The van der Waals surface area contributed by atoms with Crippen molar-refractivity contribution in [3.05, 3.63) is 35.0 Å². The maximum absolute atomic E-state index is 15.5. The second-order valence-electron chi connectivity index (χ2n) is 10.3. The van der Waals surface area contributed by atoms with Crippen molar-refractivity contribution in [1.29, 1.82) is 5.26 Å². The summed E-state index contributed by atoms with van der Waals surface area (Å²) in [6.45, 7) is 3.75. The van der Waals surface area contributed by atoms with Gasteiger partial charge >= 0.3 is 0 Å². The Hall–Kier alpha value is -3.12. The average molecular weight is 502 g/mol. The molecule has 1 aliphatic heterocycles. The Morgan fingerprint density at radius 1 is 1.34 bits per heavy atom. The number of fused-ring (bicyclic) bond motifs is 1. The molecule has 0 radical (unpaired) electrons. The molecule has 3 amide bonds. The van der Waals surface area contributed by atoms with Crippen molar-refractivity contribution in [1.82, 2.24) is 20.9 Å². The van der Waals surface area contributed by atoms with E-state index in [4.69, 9.17) is 11.6 Å². The molecule has 2 aromatic rings. The Kier molecular flexibility index (Phi) is 6.78. The molecule has 1 aliphatic carbocycles. The van der Waals surface area contributed by atoms with Crippen molar-refractivity contribution in [3.8, 4) is 6.07 Å². The molecular weight excluding hydrogens is 473 g/mol. The SMILES string of the molecule is CC1(C)CC[C@@H](CC(F)(C#N)NC(=O)[C@H](CC2CC2)NC(=O)c2cc3cccc(Cl)c3[nH]2)C(=O)N1. The van der Waals surface area contributed by atoms with E-state index in [1.54, 1.807) is 24.3 Å². The Bertz CT molecular complexity index is 1200. The van der Waals surface area contributed by atoms with E-state index in [9.17, 15) is 19.6 Å². The summed E-state index contributed by atoms with van der Waals surface area (Å²) in [5.74, 6) is -4.89. The van der Waals surface area contributed by atoms with E-state index in [0.29, 0.717) is 29.8 Å². The number of benzene rings is 1. The lowest BCUT2D eigenvalue weighted by molar-refractivity contribution is -0.133. The lowest BCUT2D eigenvalue weighted by atomic mass is 9.83. The number of carbonyl (C=O) groups is 3. The van der Waals surface area contributed by atoms with E-state index in [1.807, 2.05) is 13.8 Å². The van der Waals surface area contributed by atoms with E-state index < -0.39 is 41.5 Å². The number of aromatic nitrogens is 1. The first-order valence-corrected chi connectivity index (χ1v) is 12.2. The van der Waals surface area contributed by atoms with Crippen molar-refractivity contribution in [2.75, 3.05) is 0 Å². The summed E-state index contributed by atoms with van der Waals surface area (Å²) in [4.78, 5) is 41.3. The third kappa shape index (κ3) is 5.93. The molecule has 4 N–H and O–H groups in total. The molecule has 4 rings (SSSR count). The summed E-state index contributed by atoms with van der Waals surface area (Å²) in [6, 6.07) is 7.38. The van der Waals surface area contributed by atoms with Gasteiger partial charge in [0.05, 0.1) is 10.5 Å². The van der Waals surface area contributed by atoms with Crippen molar-refractivity contribution < 1.29 is 18.8 Å². The largest absolute Gasteiger partial charge is 0.351 e. The number of nitrogens with zero attached hydrogens (tertiary/aromatic N) is 1. The molecule has 35 heavy (non-hydrogen) atoms. The highest BCUT2D eigenvalue weighted by molar-refractivity contribution is 6.35. The van der Waals surface area contributed by atoms with Crippen LogP contribution in [0.3, 0.4) is 0 Å². The number of nitriles is 1. The predicted octanol–water partition coefficient (Wildman–Crippen LogP) is 3.72. The van der Waals surface area contributed by atoms with Crippen LogP contribution in [0, 0.1) is 23.2 Å². The summed E-state index contributed by atoms with van der Waals surface area (Å²) in [5, 5.41) is 18.4. The molecule has 1 saturated heterocycles. The average Bonchev–Trinajstić information content (AvgIpc) is 3.49. The number of para-hydroxylation sites is 1. The molecule has 10 heteroatoms. The van der Waals surface area contributed by atoms with Crippen LogP contribution in [0.25, 0.3) is 10.9 Å². The van der Waals surface area contributed by atoms with Crippen LogP contribution in [-0.4, -0.2) is 40.1 Å². The van der Waals surface area contributed by atoms with Gasteiger partial charge in [-0.05, 0) is 51.2 Å². The smallest absolute Gasteiger partial charge is 0.270 e. The zero-order chi connectivity index (χ0) is 25.4. The van der Waals surface area contributed by atoms with Crippen molar-refractivity contribution in [2.24, 2.45) is 11.8 Å². The molecule has 1 aromatic carbocycles. The number of aromatic amines is 1. The Morgan fingerprint density at radius 3 is 2.71 bits per heavy atom. The zero-order valence-electron chi connectivity index (χ0n) is 19.7. The predicted molar refractivity (Wildman–Crippen MR) is 129 cm³/mol. The monoisotopic (exact) mass is 501 g/mol. The van der Waals surface area contributed by atoms with Crippen LogP contribution < -0.4 is 16.0 Å². The quantitative estimate of drug-likeness (QED) is 0.411. The van der Waals surface area contributed by atoms with Crippen LogP contribution in [0.2, 0.25) is 5.02 Å². The number of amides is 3. The molecule has 186 valence electrons. The van der Waals surface area contributed by atoms with Gasteiger partial charge in [0, 0.05) is 23.3 Å². The highest BCUT2D eigenvalue weighted by Crippen LogP contribution is 2.34. The van der Waals surface area contributed by atoms with E-state index in [0.717, 1.165) is 18.2 Å². The number of nitrogens with one attached hydrogen (secondary N) is 4. The molecular formula is C25H29ClFN5O3. The molecule has 0 spiro atoms. The van der Waals surface area contributed by atoms with E-state index in [1.165, 1.54) is 6.07 Å². The molecule has 1 saturated carbocycles. The van der Waals surface area contributed by atoms with Crippen LogP contribution in [-0.2, 0) is 9.59 Å². The fraction of sp³-hybridized carbons (Fsp3) is 0.520. The molecule has 2 aliphatic rings. The van der Waals surface area contributed by atoms with Crippen molar-refractivity contribution in [3.63, 3.8) is 0 Å². The van der Waals surface area contributed by atoms with E-state index in [2.05, 4.69) is 20.9 Å². The number of piperidine rings is 1. The molecule has 1 aromatic heterocycles. The van der Waals surface area contributed by atoms with Crippen molar-refractivity contribution in [2.45, 2.75) is 69.7 Å². The summed E-state index contributed by atoms with van der Waals surface area (Å²) >= 11 is 6.18. The summed E-state index contributed by atoms with van der Waals surface area (Å²) < 4.78 is 15.5. The number of H-pyrrole nitrogens is 1. The highest BCUT2D eigenvalue weighted by atomic mass is 35.5. The second kappa shape index (κ2) is 9.50. The molecule has 0 bridgehead atoms. The van der Waals surface area contributed by atoms with Gasteiger partial charge in [0.1, 0.15) is 17.8 Å². The maximum Gasteiger partial charge on any atom is 0.270 e. The fourth-order valence-corrected chi connectivity index (χ4v) is 4.73. The molecule has 2 fully saturated rings. The van der Waals surface area contributed by atoms with Gasteiger partial charge in [0.25, 0.3) is 11.7 Å². The molecule has 2 heterocycles. The number of carbonyl (C=O) groups excluding carboxylic acids is 3. The summed E-state index contributed by atoms with van der Waals surface area (Å²) in [6.07, 6.45) is 2.75. The minimum Gasteiger partial charge on any atom is -0.351 e. The fourth-order valence-electron chi connectivity index (χ4n) is 4.50. The zero-order valence-corrected chi connectivity index (χ0v) is 20.5. The number of alkyl halides is 1.